The molecule has 0 saturated carbocycles. The van der Waals surface area contributed by atoms with Crippen molar-refractivity contribution in [2.24, 2.45) is 5.92 Å². The molecule has 1 rings (SSSR count). The molecule has 0 N–H and O–H groups in total. The van der Waals surface area contributed by atoms with Gasteiger partial charge in [0.2, 0.25) is 0 Å². The fraction of sp³-hybridized carbons (Fsp3) is 0.917. The zero-order valence-electron chi connectivity index (χ0n) is 10.4. The summed E-state index contributed by atoms with van der Waals surface area (Å²) >= 11 is 0. The van der Waals surface area contributed by atoms with Crippen molar-refractivity contribution in [2.45, 2.75) is 39.2 Å². The molecule has 3 heteroatoms. The number of rotatable bonds is 4. The van der Waals surface area contributed by atoms with Crippen LogP contribution in [0.5, 0.6) is 0 Å². The molecule has 0 spiro atoms. The van der Waals surface area contributed by atoms with Crippen molar-refractivity contribution >= 4 is 5.78 Å². The Hall–Kier alpha value is -0.410. The highest BCUT2D eigenvalue weighted by Gasteiger charge is 2.28. The van der Waals surface area contributed by atoms with E-state index in [0.29, 0.717) is 25.4 Å². The van der Waals surface area contributed by atoms with Gasteiger partial charge in [-0.3, -0.25) is 4.79 Å². The summed E-state index contributed by atoms with van der Waals surface area (Å²) in [7, 11) is 2.09. The molecule has 0 amide bonds. The van der Waals surface area contributed by atoms with E-state index in [1.54, 1.807) is 0 Å². The summed E-state index contributed by atoms with van der Waals surface area (Å²) in [5, 5.41) is 0. The number of hydrogen-bond acceptors (Lipinski definition) is 3. The topological polar surface area (TPSA) is 29.5 Å². The van der Waals surface area contributed by atoms with E-state index in [2.05, 4.69) is 32.7 Å². The lowest BCUT2D eigenvalue weighted by molar-refractivity contribution is -0.131. The Labute approximate surface area is 92.8 Å². The molecule has 0 aliphatic carbocycles. The molecular weight excluding hydrogens is 190 g/mol. The van der Waals surface area contributed by atoms with Crippen LogP contribution in [0, 0.1) is 5.92 Å². The number of hydrogen-bond donors (Lipinski definition) is 0. The molecule has 1 fully saturated rings. The summed E-state index contributed by atoms with van der Waals surface area (Å²) in [5.74, 6) is 0.439. The van der Waals surface area contributed by atoms with Crippen molar-refractivity contribution in [3.63, 3.8) is 0 Å². The van der Waals surface area contributed by atoms with Crippen molar-refractivity contribution < 1.29 is 9.53 Å². The third kappa shape index (κ3) is 3.28. The minimum absolute atomic E-state index is 0.0783. The van der Waals surface area contributed by atoms with Crippen LogP contribution in [0.25, 0.3) is 0 Å². The second-order valence-corrected chi connectivity index (χ2v) is 5.03. The number of ketones is 1. The second kappa shape index (κ2) is 5.08. The van der Waals surface area contributed by atoms with Crippen LogP contribution in [-0.2, 0) is 9.53 Å². The monoisotopic (exact) mass is 213 g/mol. The van der Waals surface area contributed by atoms with Crippen LogP contribution >= 0.6 is 0 Å². The van der Waals surface area contributed by atoms with E-state index in [-0.39, 0.29) is 11.5 Å². The molecule has 1 unspecified atom stereocenters. The van der Waals surface area contributed by atoms with E-state index in [4.69, 9.17) is 4.74 Å². The maximum atomic E-state index is 11.6. The predicted molar refractivity (Wildman–Crippen MR) is 60.9 cm³/mol. The van der Waals surface area contributed by atoms with Crippen LogP contribution in [-0.4, -0.2) is 43.0 Å². The lowest BCUT2D eigenvalue weighted by Gasteiger charge is -2.37. The highest BCUT2D eigenvalue weighted by atomic mass is 16.5. The van der Waals surface area contributed by atoms with Crippen LogP contribution in [0.3, 0.4) is 0 Å². The van der Waals surface area contributed by atoms with Gasteiger partial charge in [0.1, 0.15) is 5.78 Å². The third-order valence-electron chi connectivity index (χ3n) is 3.66. The van der Waals surface area contributed by atoms with Crippen molar-refractivity contribution in [2.75, 3.05) is 26.8 Å². The van der Waals surface area contributed by atoms with Gasteiger partial charge in [-0.05, 0) is 27.3 Å². The number of ether oxygens (including phenoxy) is 1. The minimum atomic E-state index is 0.0783. The standard InChI is InChI=1S/C12H23NO2/c1-5-12(2,3)13(4)8-10-9-15-7-6-11(10)14/h10H,5-9H2,1-4H3. The molecule has 1 saturated heterocycles. The zero-order valence-corrected chi connectivity index (χ0v) is 10.4. The van der Waals surface area contributed by atoms with Crippen LogP contribution in [0.15, 0.2) is 0 Å². The van der Waals surface area contributed by atoms with Crippen LogP contribution in [0.1, 0.15) is 33.6 Å². The van der Waals surface area contributed by atoms with Gasteiger partial charge in [-0.1, -0.05) is 6.92 Å². The third-order valence-corrected chi connectivity index (χ3v) is 3.66. The quantitative estimate of drug-likeness (QED) is 0.712. The summed E-state index contributed by atoms with van der Waals surface area (Å²) in [6.07, 6.45) is 1.68. The molecule has 88 valence electrons. The van der Waals surface area contributed by atoms with E-state index in [9.17, 15) is 4.79 Å². The molecule has 0 aromatic rings. The summed E-state index contributed by atoms with van der Waals surface area (Å²) in [5.41, 5.74) is 0.164. The fourth-order valence-corrected chi connectivity index (χ4v) is 1.70. The number of carbonyl (C=O) groups excluding carboxylic acids is 1. The van der Waals surface area contributed by atoms with Crippen molar-refractivity contribution in [1.82, 2.24) is 4.90 Å². The van der Waals surface area contributed by atoms with Gasteiger partial charge in [-0.25, -0.2) is 0 Å². The molecule has 1 atom stereocenters. The van der Waals surface area contributed by atoms with Crippen LogP contribution < -0.4 is 0 Å². The Bertz CT molecular complexity index is 226. The lowest BCUT2D eigenvalue weighted by atomic mass is 9.95. The van der Waals surface area contributed by atoms with Gasteiger partial charge in [0.15, 0.2) is 0 Å². The molecule has 1 heterocycles. The SMILES string of the molecule is CCC(C)(C)N(C)CC1COCCC1=O. The molecule has 0 bridgehead atoms. The van der Waals surface area contributed by atoms with Crippen LogP contribution in [0.4, 0.5) is 0 Å². The first-order valence-electron chi connectivity index (χ1n) is 5.79. The molecule has 0 radical (unpaired) electrons. The van der Waals surface area contributed by atoms with Gasteiger partial charge in [-0.15, -0.1) is 0 Å². The van der Waals surface area contributed by atoms with Gasteiger partial charge in [-0.2, -0.15) is 0 Å². The average molecular weight is 213 g/mol. The van der Waals surface area contributed by atoms with Crippen LogP contribution in [0.2, 0.25) is 0 Å². The number of nitrogens with zero attached hydrogens (tertiary/aromatic N) is 1. The molecule has 1 aliphatic heterocycles. The van der Waals surface area contributed by atoms with E-state index in [0.717, 1.165) is 13.0 Å². The normalized spacial score (nSPS) is 23.5. The maximum Gasteiger partial charge on any atom is 0.141 e. The van der Waals surface area contributed by atoms with Crippen molar-refractivity contribution in [3.05, 3.63) is 0 Å². The molecular formula is C12H23NO2. The Morgan fingerprint density at radius 1 is 1.53 bits per heavy atom. The molecule has 1 aliphatic rings. The molecule has 15 heavy (non-hydrogen) atoms. The highest BCUT2D eigenvalue weighted by Crippen LogP contribution is 2.20. The predicted octanol–water partition coefficient (Wildman–Crippen LogP) is 1.71. The Morgan fingerprint density at radius 3 is 2.73 bits per heavy atom. The smallest absolute Gasteiger partial charge is 0.141 e. The Kier molecular flexibility index (Phi) is 4.29. The second-order valence-electron chi connectivity index (χ2n) is 5.03. The first-order chi connectivity index (χ1) is 6.97. The minimum Gasteiger partial charge on any atom is -0.380 e. The maximum absolute atomic E-state index is 11.6. The average Bonchev–Trinajstić information content (AvgIpc) is 2.21. The molecule has 0 aromatic heterocycles. The first kappa shape index (κ1) is 12.7. The summed E-state index contributed by atoms with van der Waals surface area (Å²) in [4.78, 5) is 13.9. The van der Waals surface area contributed by atoms with E-state index >= 15 is 0 Å². The summed E-state index contributed by atoms with van der Waals surface area (Å²) in [6.45, 7) is 8.62. The zero-order chi connectivity index (χ0) is 11.5. The Balaban J connectivity index is 2.49. The van der Waals surface area contributed by atoms with E-state index in [1.807, 2.05) is 0 Å². The van der Waals surface area contributed by atoms with Gasteiger partial charge < -0.3 is 9.64 Å². The van der Waals surface area contributed by atoms with Gasteiger partial charge in [0.05, 0.1) is 19.1 Å². The number of carbonyl (C=O) groups is 1. The highest BCUT2D eigenvalue weighted by molar-refractivity contribution is 5.82. The summed E-state index contributed by atoms with van der Waals surface area (Å²) < 4.78 is 5.35. The largest absolute Gasteiger partial charge is 0.380 e. The first-order valence-corrected chi connectivity index (χ1v) is 5.79. The number of Topliss-reactive ketones (excluding diaryl/α,β-unsaturated/α-hetero) is 1. The van der Waals surface area contributed by atoms with E-state index < -0.39 is 0 Å². The molecule has 3 nitrogen and oxygen atoms in total. The fourth-order valence-electron chi connectivity index (χ4n) is 1.70. The lowest BCUT2D eigenvalue weighted by Crippen LogP contribution is -2.46. The van der Waals surface area contributed by atoms with Gasteiger partial charge >= 0.3 is 0 Å². The van der Waals surface area contributed by atoms with E-state index in [1.165, 1.54) is 0 Å². The van der Waals surface area contributed by atoms with Crippen molar-refractivity contribution in [3.8, 4) is 0 Å². The molecule has 0 aromatic carbocycles. The Morgan fingerprint density at radius 2 is 2.20 bits per heavy atom. The summed E-state index contributed by atoms with van der Waals surface area (Å²) in [6, 6.07) is 0. The van der Waals surface area contributed by atoms with Gasteiger partial charge in [0.25, 0.3) is 0 Å². The van der Waals surface area contributed by atoms with Crippen molar-refractivity contribution in [1.29, 1.82) is 0 Å². The van der Waals surface area contributed by atoms with Gasteiger partial charge in [0, 0.05) is 18.5 Å².